The number of aryl methyl sites for hydroxylation is 1. The van der Waals surface area contributed by atoms with Crippen molar-refractivity contribution >= 4 is 21.4 Å². The van der Waals surface area contributed by atoms with Gasteiger partial charge in [-0.05, 0) is 42.7 Å². The van der Waals surface area contributed by atoms with E-state index < -0.39 is 21.9 Å². The van der Waals surface area contributed by atoms with Crippen molar-refractivity contribution in [3.8, 4) is 5.75 Å². The lowest BCUT2D eigenvalue weighted by Gasteiger charge is -2.14. The summed E-state index contributed by atoms with van der Waals surface area (Å²) in [6, 6.07) is 14.0. The molecule has 1 aliphatic heterocycles. The predicted octanol–water partition coefficient (Wildman–Crippen LogP) is 3.52. The Hall–Kier alpha value is -2.60. The zero-order chi connectivity index (χ0) is 18.9. The lowest BCUT2D eigenvalue weighted by atomic mass is 9.97. The Morgan fingerprint density at radius 2 is 1.81 bits per heavy atom. The Labute approximate surface area is 153 Å². The summed E-state index contributed by atoms with van der Waals surface area (Å²) in [5.74, 6) is 0.174. The molecule has 2 aromatic carbocycles. The molecule has 1 heterocycles. The van der Waals surface area contributed by atoms with Crippen molar-refractivity contribution in [2.45, 2.75) is 31.3 Å². The standard InChI is InChI=1S/C20H20O5S/c1-4-16-18(14-10-11-17(13(2)12-14)26(3,22)23)19(20(21)25-16)24-15-8-6-5-7-9-15/h5-12,16H,4H2,1-3H3/t16-/m1/s1. The highest BCUT2D eigenvalue weighted by atomic mass is 32.2. The van der Waals surface area contributed by atoms with Crippen LogP contribution in [0.25, 0.3) is 5.57 Å². The summed E-state index contributed by atoms with van der Waals surface area (Å²) < 4.78 is 35.0. The topological polar surface area (TPSA) is 69.7 Å². The first kappa shape index (κ1) is 18.2. The number of esters is 1. The van der Waals surface area contributed by atoms with Gasteiger partial charge in [0.05, 0.1) is 10.5 Å². The molecule has 0 radical (unpaired) electrons. The number of para-hydroxylation sites is 1. The van der Waals surface area contributed by atoms with Crippen LogP contribution in [0.4, 0.5) is 0 Å². The minimum absolute atomic E-state index is 0.148. The average molecular weight is 372 g/mol. The zero-order valence-corrected chi connectivity index (χ0v) is 15.7. The Kier molecular flexibility index (Phi) is 4.87. The fourth-order valence-corrected chi connectivity index (χ4v) is 4.00. The maximum atomic E-state index is 12.3. The first-order chi connectivity index (χ1) is 12.3. The summed E-state index contributed by atoms with van der Waals surface area (Å²) in [4.78, 5) is 12.6. The van der Waals surface area contributed by atoms with Gasteiger partial charge >= 0.3 is 5.97 Å². The smallest absolute Gasteiger partial charge is 0.375 e. The minimum atomic E-state index is -3.31. The number of sulfone groups is 1. The molecule has 136 valence electrons. The Bertz CT molecular complexity index is 975. The number of cyclic esters (lactones) is 1. The van der Waals surface area contributed by atoms with E-state index in [0.717, 1.165) is 5.56 Å². The van der Waals surface area contributed by atoms with Gasteiger partial charge in [0.2, 0.25) is 5.76 Å². The first-order valence-corrected chi connectivity index (χ1v) is 10.2. The molecule has 26 heavy (non-hydrogen) atoms. The summed E-state index contributed by atoms with van der Waals surface area (Å²) in [6.07, 6.45) is 1.34. The van der Waals surface area contributed by atoms with E-state index in [1.54, 1.807) is 37.3 Å². The second-order valence-electron chi connectivity index (χ2n) is 6.21. The van der Waals surface area contributed by atoms with E-state index in [-0.39, 0.29) is 10.7 Å². The van der Waals surface area contributed by atoms with Crippen LogP contribution in [0.2, 0.25) is 0 Å². The molecule has 0 amide bonds. The van der Waals surface area contributed by atoms with E-state index in [2.05, 4.69) is 0 Å². The summed E-state index contributed by atoms with van der Waals surface area (Å²) in [5, 5.41) is 0. The van der Waals surface area contributed by atoms with Gasteiger partial charge < -0.3 is 9.47 Å². The van der Waals surface area contributed by atoms with E-state index in [0.29, 0.717) is 23.3 Å². The highest BCUT2D eigenvalue weighted by Gasteiger charge is 2.36. The quantitative estimate of drug-likeness (QED) is 0.751. The summed E-state index contributed by atoms with van der Waals surface area (Å²) in [5.41, 5.74) is 1.98. The van der Waals surface area contributed by atoms with Crippen LogP contribution in [0.15, 0.2) is 59.2 Å². The number of rotatable bonds is 5. The monoisotopic (exact) mass is 372 g/mol. The van der Waals surface area contributed by atoms with Crippen LogP contribution in [0.5, 0.6) is 5.75 Å². The molecule has 1 atom stereocenters. The molecule has 0 aromatic heterocycles. The minimum Gasteiger partial charge on any atom is -0.451 e. The van der Waals surface area contributed by atoms with E-state index in [4.69, 9.17) is 9.47 Å². The third-order valence-corrected chi connectivity index (χ3v) is 5.48. The lowest BCUT2D eigenvalue weighted by Crippen LogP contribution is -2.10. The number of hydrogen-bond donors (Lipinski definition) is 0. The summed E-state index contributed by atoms with van der Waals surface area (Å²) in [7, 11) is -3.31. The SMILES string of the molecule is CC[C@H]1OC(=O)C(Oc2ccccc2)=C1c1ccc(S(C)(=O)=O)c(C)c1. The van der Waals surface area contributed by atoms with Gasteiger partial charge in [-0.15, -0.1) is 0 Å². The number of carbonyl (C=O) groups excluding carboxylic acids is 1. The maximum Gasteiger partial charge on any atom is 0.375 e. The van der Waals surface area contributed by atoms with E-state index in [1.165, 1.54) is 6.26 Å². The van der Waals surface area contributed by atoms with Crippen molar-refractivity contribution in [2.75, 3.05) is 6.26 Å². The predicted molar refractivity (Wildman–Crippen MR) is 98.4 cm³/mol. The molecule has 0 unspecified atom stereocenters. The van der Waals surface area contributed by atoms with Crippen LogP contribution in [-0.4, -0.2) is 26.7 Å². The van der Waals surface area contributed by atoms with Crippen molar-refractivity contribution < 1.29 is 22.7 Å². The molecule has 1 aliphatic rings. The summed E-state index contributed by atoms with van der Waals surface area (Å²) >= 11 is 0. The van der Waals surface area contributed by atoms with Crippen molar-refractivity contribution in [1.29, 1.82) is 0 Å². The molecule has 0 saturated heterocycles. The van der Waals surface area contributed by atoms with Gasteiger partial charge in [-0.1, -0.05) is 37.3 Å². The maximum absolute atomic E-state index is 12.3. The summed E-state index contributed by atoms with van der Waals surface area (Å²) in [6.45, 7) is 3.65. The molecule has 0 bridgehead atoms. The molecule has 5 nitrogen and oxygen atoms in total. The Morgan fingerprint density at radius 1 is 1.12 bits per heavy atom. The van der Waals surface area contributed by atoms with Gasteiger partial charge in [-0.2, -0.15) is 0 Å². The molecule has 0 fully saturated rings. The van der Waals surface area contributed by atoms with Crippen molar-refractivity contribution in [2.24, 2.45) is 0 Å². The second-order valence-corrected chi connectivity index (χ2v) is 8.20. The highest BCUT2D eigenvalue weighted by Crippen LogP contribution is 2.35. The largest absolute Gasteiger partial charge is 0.451 e. The van der Waals surface area contributed by atoms with Gasteiger partial charge in [0, 0.05) is 6.26 Å². The fourth-order valence-electron chi connectivity index (χ4n) is 3.04. The van der Waals surface area contributed by atoms with Crippen LogP contribution in [0.3, 0.4) is 0 Å². The number of ether oxygens (including phenoxy) is 2. The molecule has 0 saturated carbocycles. The van der Waals surface area contributed by atoms with E-state index in [9.17, 15) is 13.2 Å². The fraction of sp³-hybridized carbons (Fsp3) is 0.250. The molecular formula is C20H20O5S. The molecule has 0 N–H and O–H groups in total. The van der Waals surface area contributed by atoms with Crippen LogP contribution in [-0.2, 0) is 19.4 Å². The molecule has 6 heteroatoms. The molecule has 0 aliphatic carbocycles. The van der Waals surface area contributed by atoms with Crippen LogP contribution in [0, 0.1) is 6.92 Å². The molecule has 0 spiro atoms. The average Bonchev–Trinajstić information content (AvgIpc) is 2.90. The van der Waals surface area contributed by atoms with E-state index in [1.807, 2.05) is 25.1 Å². The second kappa shape index (κ2) is 6.96. The van der Waals surface area contributed by atoms with Crippen molar-refractivity contribution in [1.82, 2.24) is 0 Å². The number of carbonyl (C=O) groups is 1. The molecule has 3 rings (SSSR count). The van der Waals surface area contributed by atoms with E-state index >= 15 is 0 Å². The van der Waals surface area contributed by atoms with Gasteiger partial charge in [-0.25, -0.2) is 13.2 Å². The normalized spacial score (nSPS) is 17.3. The Morgan fingerprint density at radius 3 is 2.38 bits per heavy atom. The third kappa shape index (κ3) is 3.51. The number of hydrogen-bond acceptors (Lipinski definition) is 5. The van der Waals surface area contributed by atoms with Gasteiger partial charge in [0.25, 0.3) is 0 Å². The van der Waals surface area contributed by atoms with Crippen LogP contribution < -0.4 is 4.74 Å². The van der Waals surface area contributed by atoms with Gasteiger partial charge in [0.1, 0.15) is 11.9 Å². The highest BCUT2D eigenvalue weighted by molar-refractivity contribution is 7.90. The third-order valence-electron chi connectivity index (χ3n) is 4.22. The Balaban J connectivity index is 2.10. The zero-order valence-electron chi connectivity index (χ0n) is 14.9. The van der Waals surface area contributed by atoms with Crippen LogP contribution in [0.1, 0.15) is 24.5 Å². The van der Waals surface area contributed by atoms with Crippen molar-refractivity contribution in [3.05, 3.63) is 65.4 Å². The lowest BCUT2D eigenvalue weighted by molar-refractivity contribution is -0.141. The first-order valence-electron chi connectivity index (χ1n) is 8.30. The van der Waals surface area contributed by atoms with Gasteiger partial charge in [-0.3, -0.25) is 0 Å². The van der Waals surface area contributed by atoms with Crippen molar-refractivity contribution in [3.63, 3.8) is 0 Å². The number of benzene rings is 2. The van der Waals surface area contributed by atoms with Gasteiger partial charge in [0.15, 0.2) is 9.84 Å². The molecular weight excluding hydrogens is 352 g/mol. The van der Waals surface area contributed by atoms with Crippen LogP contribution >= 0.6 is 0 Å². The molecule has 2 aromatic rings.